The molecule has 0 fully saturated rings. The molecule has 1 heterocycles. The normalized spacial score (nSPS) is 12.2. The highest BCUT2D eigenvalue weighted by Gasteiger charge is 2.31. The molecule has 164 valence electrons. The van der Waals surface area contributed by atoms with Crippen molar-refractivity contribution in [2.75, 3.05) is 34.5 Å². The SMILES string of the molecule is CC(=O)Nc1ccc(F)c(NC(=O)CCC(=O)C(C#N)=C2N(C)c3ccccc3N2C)c1. The molecule has 0 bridgehead atoms. The first kappa shape index (κ1) is 22.5. The van der Waals surface area contributed by atoms with Gasteiger partial charge in [0.15, 0.2) is 5.78 Å². The van der Waals surface area contributed by atoms with E-state index in [0.29, 0.717) is 11.5 Å². The molecular formula is C23H22FN5O3. The van der Waals surface area contributed by atoms with Gasteiger partial charge in [0.05, 0.1) is 17.1 Å². The molecule has 8 nitrogen and oxygen atoms in total. The van der Waals surface area contributed by atoms with E-state index in [9.17, 15) is 24.0 Å². The summed E-state index contributed by atoms with van der Waals surface area (Å²) < 4.78 is 14.0. The number of nitriles is 1. The second-order valence-corrected chi connectivity index (χ2v) is 7.26. The zero-order chi connectivity index (χ0) is 23.4. The van der Waals surface area contributed by atoms with Gasteiger partial charge < -0.3 is 20.4 Å². The Hall–Kier alpha value is -4.19. The molecule has 0 unspecified atom stereocenters. The number of hydrogen-bond acceptors (Lipinski definition) is 6. The lowest BCUT2D eigenvalue weighted by molar-refractivity contribution is -0.120. The molecule has 32 heavy (non-hydrogen) atoms. The van der Waals surface area contributed by atoms with Gasteiger partial charge in [-0.05, 0) is 30.3 Å². The number of halogens is 1. The second-order valence-electron chi connectivity index (χ2n) is 7.26. The van der Waals surface area contributed by atoms with Crippen LogP contribution in [0.15, 0.2) is 53.9 Å². The molecule has 1 aliphatic heterocycles. The summed E-state index contributed by atoms with van der Waals surface area (Å²) in [7, 11) is 3.53. The van der Waals surface area contributed by atoms with Crippen LogP contribution in [-0.2, 0) is 14.4 Å². The van der Waals surface area contributed by atoms with Crippen LogP contribution < -0.4 is 20.4 Å². The summed E-state index contributed by atoms with van der Waals surface area (Å²) in [5.41, 5.74) is 1.88. The zero-order valence-corrected chi connectivity index (χ0v) is 17.9. The molecule has 0 aliphatic carbocycles. The van der Waals surface area contributed by atoms with Crippen molar-refractivity contribution in [1.82, 2.24) is 0 Å². The number of allylic oxidation sites excluding steroid dienone is 1. The summed E-state index contributed by atoms with van der Waals surface area (Å²) in [5.74, 6) is -1.65. The number of nitrogens with one attached hydrogen (secondary N) is 2. The highest BCUT2D eigenvalue weighted by Crippen LogP contribution is 2.40. The van der Waals surface area contributed by atoms with Crippen LogP contribution in [-0.4, -0.2) is 31.7 Å². The smallest absolute Gasteiger partial charge is 0.224 e. The van der Waals surface area contributed by atoms with Gasteiger partial charge in [-0.2, -0.15) is 5.26 Å². The fourth-order valence-electron chi connectivity index (χ4n) is 3.52. The Balaban J connectivity index is 1.70. The van der Waals surface area contributed by atoms with Crippen LogP contribution in [0.4, 0.5) is 27.1 Å². The number of carbonyl (C=O) groups excluding carboxylic acids is 3. The number of amides is 2. The Kier molecular flexibility index (Phi) is 6.54. The van der Waals surface area contributed by atoms with Crippen molar-refractivity contribution in [1.29, 1.82) is 5.26 Å². The summed E-state index contributed by atoms with van der Waals surface area (Å²) in [4.78, 5) is 39.8. The molecule has 9 heteroatoms. The highest BCUT2D eigenvalue weighted by atomic mass is 19.1. The Morgan fingerprint density at radius 2 is 1.62 bits per heavy atom. The van der Waals surface area contributed by atoms with E-state index in [2.05, 4.69) is 10.6 Å². The lowest BCUT2D eigenvalue weighted by Crippen LogP contribution is -2.26. The van der Waals surface area contributed by atoms with Crippen molar-refractivity contribution in [2.45, 2.75) is 19.8 Å². The first-order chi connectivity index (χ1) is 15.2. The quantitative estimate of drug-likeness (QED) is 0.532. The Bertz CT molecular complexity index is 1140. The lowest BCUT2D eigenvalue weighted by Gasteiger charge is -2.19. The monoisotopic (exact) mass is 435 g/mol. The molecule has 1 aliphatic rings. The number of rotatable bonds is 6. The summed E-state index contributed by atoms with van der Waals surface area (Å²) >= 11 is 0. The fourth-order valence-corrected chi connectivity index (χ4v) is 3.52. The Morgan fingerprint density at radius 1 is 1.00 bits per heavy atom. The van der Waals surface area contributed by atoms with E-state index < -0.39 is 17.5 Å². The van der Waals surface area contributed by atoms with Gasteiger partial charge in [0.25, 0.3) is 0 Å². The maximum atomic E-state index is 14.0. The van der Waals surface area contributed by atoms with Crippen LogP contribution in [0.5, 0.6) is 0 Å². The molecule has 0 spiro atoms. The molecule has 2 amide bonds. The van der Waals surface area contributed by atoms with E-state index >= 15 is 0 Å². The minimum absolute atomic E-state index is 0.0576. The largest absolute Gasteiger partial charge is 0.328 e. The van der Waals surface area contributed by atoms with Gasteiger partial charge >= 0.3 is 0 Å². The number of carbonyl (C=O) groups is 3. The highest BCUT2D eigenvalue weighted by molar-refractivity contribution is 6.04. The van der Waals surface area contributed by atoms with E-state index in [-0.39, 0.29) is 30.0 Å². The molecule has 0 radical (unpaired) electrons. The summed E-state index contributed by atoms with van der Waals surface area (Å²) in [6, 6.07) is 13.2. The number of fused-ring (bicyclic) bond motifs is 1. The van der Waals surface area contributed by atoms with Crippen LogP contribution in [0, 0.1) is 17.1 Å². The first-order valence-corrected chi connectivity index (χ1v) is 9.84. The van der Waals surface area contributed by atoms with E-state index in [0.717, 1.165) is 17.4 Å². The maximum Gasteiger partial charge on any atom is 0.224 e. The van der Waals surface area contributed by atoms with Gasteiger partial charge in [-0.3, -0.25) is 14.4 Å². The van der Waals surface area contributed by atoms with Crippen LogP contribution in [0.2, 0.25) is 0 Å². The van der Waals surface area contributed by atoms with Gasteiger partial charge in [0.1, 0.15) is 23.3 Å². The predicted molar refractivity (Wildman–Crippen MR) is 119 cm³/mol. The van der Waals surface area contributed by atoms with Crippen LogP contribution in [0.1, 0.15) is 19.8 Å². The summed E-state index contributed by atoms with van der Waals surface area (Å²) in [5, 5.41) is 14.5. The molecule has 2 aromatic carbocycles. The van der Waals surface area contributed by atoms with Gasteiger partial charge in [0, 0.05) is 39.5 Å². The van der Waals surface area contributed by atoms with Crippen molar-refractivity contribution in [3.8, 4) is 6.07 Å². The topological polar surface area (TPSA) is 106 Å². The zero-order valence-electron chi connectivity index (χ0n) is 17.9. The molecule has 3 rings (SSSR count). The molecule has 2 aromatic rings. The van der Waals surface area contributed by atoms with E-state index in [4.69, 9.17) is 0 Å². The van der Waals surface area contributed by atoms with E-state index in [1.807, 2.05) is 30.3 Å². The van der Waals surface area contributed by atoms with Crippen LogP contribution in [0.3, 0.4) is 0 Å². The maximum absolute atomic E-state index is 14.0. The number of nitrogens with zero attached hydrogens (tertiary/aromatic N) is 3. The van der Waals surface area contributed by atoms with Crippen molar-refractivity contribution >= 4 is 40.3 Å². The molecule has 0 atom stereocenters. The van der Waals surface area contributed by atoms with Crippen molar-refractivity contribution < 1.29 is 18.8 Å². The Labute approximate surface area is 184 Å². The van der Waals surface area contributed by atoms with Gasteiger partial charge in [-0.1, -0.05) is 12.1 Å². The van der Waals surface area contributed by atoms with Gasteiger partial charge in [0.2, 0.25) is 11.8 Å². The van der Waals surface area contributed by atoms with E-state index in [1.165, 1.54) is 19.1 Å². The molecule has 2 N–H and O–H groups in total. The van der Waals surface area contributed by atoms with Crippen molar-refractivity contribution in [3.05, 3.63) is 59.7 Å². The lowest BCUT2D eigenvalue weighted by atomic mass is 10.1. The summed E-state index contributed by atoms with van der Waals surface area (Å²) in [6.07, 6.45) is -0.454. The van der Waals surface area contributed by atoms with Crippen LogP contribution >= 0.6 is 0 Å². The average molecular weight is 435 g/mol. The van der Waals surface area contributed by atoms with Crippen LogP contribution in [0.25, 0.3) is 0 Å². The fraction of sp³-hybridized carbons (Fsp3) is 0.217. The minimum Gasteiger partial charge on any atom is -0.328 e. The molecule has 0 aromatic heterocycles. The average Bonchev–Trinajstić information content (AvgIpc) is 3.00. The first-order valence-electron chi connectivity index (χ1n) is 9.84. The molecule has 0 saturated heterocycles. The number of benzene rings is 2. The van der Waals surface area contributed by atoms with E-state index in [1.54, 1.807) is 23.9 Å². The Morgan fingerprint density at radius 3 is 2.19 bits per heavy atom. The number of anilines is 4. The van der Waals surface area contributed by atoms with Crippen molar-refractivity contribution in [3.63, 3.8) is 0 Å². The summed E-state index contributed by atoms with van der Waals surface area (Å²) in [6.45, 7) is 1.31. The number of para-hydroxylation sites is 2. The predicted octanol–water partition coefficient (Wildman–Crippen LogP) is 3.39. The third-order valence-corrected chi connectivity index (χ3v) is 4.99. The number of hydrogen-bond donors (Lipinski definition) is 2. The van der Waals surface area contributed by atoms with Gasteiger partial charge in [-0.15, -0.1) is 0 Å². The number of ketones is 1. The second kappa shape index (κ2) is 9.31. The number of Topliss-reactive ketones (excluding diaryl/α,β-unsaturated/α-hetero) is 1. The molecular weight excluding hydrogens is 413 g/mol. The minimum atomic E-state index is -0.675. The van der Waals surface area contributed by atoms with Gasteiger partial charge in [-0.25, -0.2) is 4.39 Å². The third-order valence-electron chi connectivity index (χ3n) is 4.99. The third kappa shape index (κ3) is 4.59. The molecule has 0 saturated carbocycles. The standard InChI is InChI=1S/C23H22FN5O3/c1-14(30)26-15-8-9-17(24)18(12-15)27-22(32)11-10-21(31)16(13-25)23-28(2)19-6-4-5-7-20(19)29(23)3/h4-9,12H,10-11H2,1-3H3,(H,26,30)(H,27,32). The van der Waals surface area contributed by atoms with Crippen molar-refractivity contribution in [2.24, 2.45) is 0 Å².